The molecule has 0 saturated carbocycles. The topological polar surface area (TPSA) is 50.8 Å². The lowest BCUT2D eigenvalue weighted by Gasteiger charge is -2.41. The fourth-order valence-electron chi connectivity index (χ4n) is 3.80. The highest BCUT2D eigenvalue weighted by Gasteiger charge is 2.39. The number of ether oxygens (including phenoxy) is 2. The maximum absolute atomic E-state index is 12.6. The van der Waals surface area contributed by atoms with Crippen LogP contribution in [-0.2, 0) is 6.54 Å². The van der Waals surface area contributed by atoms with Crippen LogP contribution in [-0.4, -0.2) is 42.4 Å². The van der Waals surface area contributed by atoms with Gasteiger partial charge in [-0.3, -0.25) is 9.69 Å². The van der Waals surface area contributed by atoms with E-state index >= 15 is 0 Å². The van der Waals surface area contributed by atoms with Crippen LogP contribution in [0, 0.1) is 0 Å². The molecule has 1 saturated heterocycles. The minimum absolute atomic E-state index is 0.119. The van der Waals surface area contributed by atoms with E-state index in [1.807, 2.05) is 12.1 Å². The SMILES string of the molecule is O=C1NC2(CCN(Cc3ccc(OC(F)(F)F)cc3)CC2)COc2ccccc21. The van der Waals surface area contributed by atoms with Crippen LogP contribution in [0.1, 0.15) is 28.8 Å². The van der Waals surface area contributed by atoms with Crippen LogP contribution in [0.2, 0.25) is 0 Å². The summed E-state index contributed by atoms with van der Waals surface area (Å²) < 4.78 is 46.6. The minimum Gasteiger partial charge on any atom is -0.490 e. The van der Waals surface area contributed by atoms with Crippen molar-refractivity contribution in [3.05, 3.63) is 59.7 Å². The Morgan fingerprint density at radius 2 is 1.76 bits per heavy atom. The Balaban J connectivity index is 1.34. The molecule has 2 aliphatic rings. The summed E-state index contributed by atoms with van der Waals surface area (Å²) in [6.07, 6.45) is -3.21. The second kappa shape index (κ2) is 7.59. The van der Waals surface area contributed by atoms with Crippen LogP contribution >= 0.6 is 0 Å². The lowest BCUT2D eigenvalue weighted by molar-refractivity contribution is -0.274. The molecule has 1 amide bonds. The fourth-order valence-corrected chi connectivity index (χ4v) is 3.80. The van der Waals surface area contributed by atoms with Gasteiger partial charge in [0.1, 0.15) is 18.1 Å². The second-order valence-corrected chi connectivity index (χ2v) is 7.49. The minimum atomic E-state index is -4.69. The molecule has 154 valence electrons. The number of carbonyl (C=O) groups is 1. The Morgan fingerprint density at radius 1 is 1.07 bits per heavy atom. The molecule has 0 bridgehead atoms. The molecule has 4 rings (SSSR count). The summed E-state index contributed by atoms with van der Waals surface area (Å²) in [5.74, 6) is 0.258. The number of piperidine rings is 1. The zero-order valence-corrected chi connectivity index (χ0v) is 15.7. The molecule has 2 aliphatic heterocycles. The van der Waals surface area contributed by atoms with Gasteiger partial charge in [0.2, 0.25) is 0 Å². The fraction of sp³-hybridized carbons (Fsp3) is 0.381. The van der Waals surface area contributed by atoms with Crippen LogP contribution in [0.5, 0.6) is 11.5 Å². The molecule has 0 aliphatic carbocycles. The summed E-state index contributed by atoms with van der Waals surface area (Å²) in [7, 11) is 0. The van der Waals surface area contributed by atoms with E-state index in [4.69, 9.17) is 4.74 Å². The number of hydrogen-bond donors (Lipinski definition) is 1. The Hall–Kier alpha value is -2.74. The van der Waals surface area contributed by atoms with Crippen molar-refractivity contribution in [2.45, 2.75) is 31.3 Å². The van der Waals surface area contributed by atoms with Crippen molar-refractivity contribution in [3.8, 4) is 11.5 Å². The van der Waals surface area contributed by atoms with Crippen molar-refractivity contribution in [2.75, 3.05) is 19.7 Å². The van der Waals surface area contributed by atoms with E-state index in [2.05, 4.69) is 15.0 Å². The van der Waals surface area contributed by atoms with E-state index < -0.39 is 11.9 Å². The molecule has 8 heteroatoms. The number of benzene rings is 2. The smallest absolute Gasteiger partial charge is 0.490 e. The molecule has 2 aromatic rings. The lowest BCUT2D eigenvalue weighted by atomic mass is 9.88. The third-order valence-electron chi connectivity index (χ3n) is 5.39. The molecule has 5 nitrogen and oxygen atoms in total. The quantitative estimate of drug-likeness (QED) is 0.844. The highest BCUT2D eigenvalue weighted by atomic mass is 19.4. The molecule has 0 atom stereocenters. The van der Waals surface area contributed by atoms with Crippen LogP contribution in [0.15, 0.2) is 48.5 Å². The van der Waals surface area contributed by atoms with Crippen molar-refractivity contribution >= 4 is 5.91 Å². The predicted molar refractivity (Wildman–Crippen MR) is 99.8 cm³/mol. The first kappa shape index (κ1) is 19.6. The number of hydrogen-bond acceptors (Lipinski definition) is 4. The molecule has 1 fully saturated rings. The molecular weight excluding hydrogens is 385 g/mol. The number of nitrogens with zero attached hydrogens (tertiary/aromatic N) is 1. The van der Waals surface area contributed by atoms with Gasteiger partial charge in [0.05, 0.1) is 11.1 Å². The summed E-state index contributed by atoms with van der Waals surface area (Å²) in [5, 5.41) is 3.15. The maximum atomic E-state index is 12.6. The summed E-state index contributed by atoms with van der Waals surface area (Å²) in [5.41, 5.74) is 1.05. The van der Waals surface area contributed by atoms with E-state index in [1.165, 1.54) is 12.1 Å². The highest BCUT2D eigenvalue weighted by molar-refractivity contribution is 5.97. The molecule has 0 radical (unpaired) electrons. The van der Waals surface area contributed by atoms with Gasteiger partial charge in [-0.05, 0) is 42.7 Å². The zero-order chi connectivity index (χ0) is 20.5. The van der Waals surface area contributed by atoms with Gasteiger partial charge in [-0.25, -0.2) is 0 Å². The average Bonchev–Trinajstić information content (AvgIpc) is 2.82. The van der Waals surface area contributed by atoms with E-state index in [1.54, 1.807) is 24.3 Å². The molecule has 2 heterocycles. The number of amides is 1. The van der Waals surface area contributed by atoms with Crippen molar-refractivity contribution in [1.29, 1.82) is 0 Å². The van der Waals surface area contributed by atoms with Crippen LogP contribution in [0.25, 0.3) is 0 Å². The Bertz CT molecular complexity index is 875. The molecular formula is C21H21F3N2O3. The van der Waals surface area contributed by atoms with Gasteiger partial charge in [-0.15, -0.1) is 13.2 Å². The number of rotatable bonds is 3. The summed E-state index contributed by atoms with van der Waals surface area (Å²) >= 11 is 0. The van der Waals surface area contributed by atoms with Gasteiger partial charge in [-0.1, -0.05) is 24.3 Å². The van der Waals surface area contributed by atoms with Gasteiger partial charge < -0.3 is 14.8 Å². The van der Waals surface area contributed by atoms with Crippen LogP contribution < -0.4 is 14.8 Å². The summed E-state index contributed by atoms with van der Waals surface area (Å²) in [6.45, 7) is 2.55. The van der Waals surface area contributed by atoms with Gasteiger partial charge in [-0.2, -0.15) is 0 Å². The van der Waals surface area contributed by atoms with Gasteiger partial charge in [0.25, 0.3) is 5.91 Å². The van der Waals surface area contributed by atoms with E-state index in [-0.39, 0.29) is 11.7 Å². The summed E-state index contributed by atoms with van der Waals surface area (Å²) in [4.78, 5) is 14.8. The largest absolute Gasteiger partial charge is 0.573 e. The number of halogens is 3. The van der Waals surface area contributed by atoms with Gasteiger partial charge in [0.15, 0.2) is 0 Å². The molecule has 0 aromatic heterocycles. The first-order chi connectivity index (χ1) is 13.8. The van der Waals surface area contributed by atoms with E-state index in [9.17, 15) is 18.0 Å². The molecule has 29 heavy (non-hydrogen) atoms. The number of para-hydroxylation sites is 1. The third-order valence-corrected chi connectivity index (χ3v) is 5.39. The Kier molecular flexibility index (Phi) is 5.12. The van der Waals surface area contributed by atoms with E-state index in [0.717, 1.165) is 31.5 Å². The highest BCUT2D eigenvalue weighted by Crippen LogP contribution is 2.30. The summed E-state index contributed by atoms with van der Waals surface area (Å²) in [6, 6.07) is 13.1. The van der Waals surface area contributed by atoms with Crippen molar-refractivity contribution in [1.82, 2.24) is 10.2 Å². The third kappa shape index (κ3) is 4.64. The van der Waals surface area contributed by atoms with Crippen LogP contribution in [0.3, 0.4) is 0 Å². The second-order valence-electron chi connectivity index (χ2n) is 7.49. The Morgan fingerprint density at radius 3 is 2.45 bits per heavy atom. The monoisotopic (exact) mass is 406 g/mol. The predicted octanol–water partition coefficient (Wildman–Crippen LogP) is 3.74. The zero-order valence-electron chi connectivity index (χ0n) is 15.7. The standard InChI is InChI=1S/C21H21F3N2O3/c22-21(23,24)29-16-7-5-15(6-8-16)13-26-11-9-20(10-12-26)14-28-18-4-2-1-3-17(18)19(27)25-20/h1-8H,9-14H2,(H,25,27). The van der Waals surface area contributed by atoms with Gasteiger partial charge in [0, 0.05) is 19.6 Å². The maximum Gasteiger partial charge on any atom is 0.573 e. The van der Waals surface area contributed by atoms with Crippen molar-refractivity contribution in [2.24, 2.45) is 0 Å². The first-order valence-electron chi connectivity index (χ1n) is 9.43. The van der Waals surface area contributed by atoms with Crippen molar-refractivity contribution in [3.63, 3.8) is 0 Å². The molecule has 1 N–H and O–H groups in total. The number of carbonyl (C=O) groups excluding carboxylic acids is 1. The molecule has 0 unspecified atom stereocenters. The number of fused-ring (bicyclic) bond motifs is 1. The molecule has 1 spiro atoms. The number of nitrogens with one attached hydrogen (secondary N) is 1. The van der Waals surface area contributed by atoms with Crippen LogP contribution in [0.4, 0.5) is 13.2 Å². The van der Waals surface area contributed by atoms with Gasteiger partial charge >= 0.3 is 6.36 Å². The normalized spacial score (nSPS) is 19.1. The molecule has 2 aromatic carbocycles. The van der Waals surface area contributed by atoms with Crippen molar-refractivity contribution < 1.29 is 27.4 Å². The van der Waals surface area contributed by atoms with E-state index in [0.29, 0.717) is 24.5 Å². The number of alkyl halides is 3. The lowest BCUT2D eigenvalue weighted by Crippen LogP contribution is -2.57. The first-order valence-corrected chi connectivity index (χ1v) is 9.43. The number of likely N-dealkylation sites (tertiary alicyclic amines) is 1. The Labute approximate surface area is 166 Å². The average molecular weight is 406 g/mol.